The molecule has 1 saturated heterocycles. The van der Waals surface area contributed by atoms with Crippen molar-refractivity contribution < 1.29 is 59.2 Å². The van der Waals surface area contributed by atoms with Gasteiger partial charge < -0.3 is 9.47 Å². The van der Waals surface area contributed by atoms with Gasteiger partial charge in [-0.1, -0.05) is 0 Å². The van der Waals surface area contributed by atoms with E-state index >= 15 is 0 Å². The second-order valence-electron chi connectivity index (χ2n) is 12.9. The minimum Gasteiger partial charge on any atom is -0.348 e. The smallest absolute Gasteiger partial charge is 0.348 e. The van der Waals surface area contributed by atoms with Crippen LogP contribution < -0.4 is 0 Å². The Morgan fingerprint density at radius 3 is 1.45 bits per heavy atom. The highest BCUT2D eigenvalue weighted by Crippen LogP contribution is 2.42. The fraction of sp³-hybridized carbons (Fsp3) is 0.469. The van der Waals surface area contributed by atoms with Gasteiger partial charge in [-0.15, -0.1) is 0 Å². The summed E-state index contributed by atoms with van der Waals surface area (Å²) in [5.74, 6) is -2.85. The predicted molar refractivity (Wildman–Crippen MR) is 169 cm³/mol. The van der Waals surface area contributed by atoms with Gasteiger partial charge in [0.25, 0.3) is 0 Å². The van der Waals surface area contributed by atoms with Crippen molar-refractivity contribution in [3.63, 3.8) is 0 Å². The zero-order valence-corrected chi connectivity index (χ0v) is 28.1. The summed E-state index contributed by atoms with van der Waals surface area (Å²) in [6, 6.07) is 1.47. The van der Waals surface area contributed by atoms with E-state index in [2.05, 4.69) is 20.2 Å². The van der Waals surface area contributed by atoms with Crippen LogP contribution in [-0.4, -0.2) is 64.2 Å². The van der Waals surface area contributed by atoms with Gasteiger partial charge in [0.1, 0.15) is 41.0 Å². The van der Waals surface area contributed by atoms with E-state index in [1.165, 1.54) is 9.36 Å². The van der Waals surface area contributed by atoms with Gasteiger partial charge in [-0.3, -0.25) is 34.4 Å². The Bertz CT molecular complexity index is 2090. The third-order valence-corrected chi connectivity index (χ3v) is 9.33. The summed E-state index contributed by atoms with van der Waals surface area (Å²) < 4.78 is 119. The standard InChI is InChI=1S/C17H16F4N4O4.C15H12F4N4O3/c18-11-1-2-13(17(19,20)21)22-14(11)15-12(25(26)27)9-24(23-15)10-3-5-16(6-4-10)28-7-8-29-16;16-10-5-6-12(15(17,18)19)20-13(10)14-11(23(25)26)7-22(21-14)8-1-3-9(24)4-2-8/h1-2,9-10H,3-8H2;5-8H,1-4H2. The van der Waals surface area contributed by atoms with E-state index < -0.39 is 85.2 Å². The van der Waals surface area contributed by atoms with Crippen LogP contribution in [0.2, 0.25) is 0 Å². The van der Waals surface area contributed by atoms with E-state index in [4.69, 9.17) is 9.47 Å². The maximum Gasteiger partial charge on any atom is 0.433 e. The van der Waals surface area contributed by atoms with E-state index in [0.29, 0.717) is 76.0 Å². The number of carbonyl (C=O) groups is 1. The van der Waals surface area contributed by atoms with Crippen LogP contribution >= 0.6 is 0 Å². The van der Waals surface area contributed by atoms with E-state index in [0.717, 1.165) is 12.4 Å². The van der Waals surface area contributed by atoms with Crippen LogP contribution in [0.4, 0.5) is 46.5 Å². The second-order valence-corrected chi connectivity index (χ2v) is 12.9. The van der Waals surface area contributed by atoms with Crippen molar-refractivity contribution in [1.82, 2.24) is 29.5 Å². The Morgan fingerprint density at radius 2 is 1.07 bits per heavy atom. The summed E-state index contributed by atoms with van der Waals surface area (Å²) in [6.07, 6.45) is -3.96. The van der Waals surface area contributed by atoms with Crippen molar-refractivity contribution in [1.29, 1.82) is 0 Å². The van der Waals surface area contributed by atoms with Gasteiger partial charge in [-0.05, 0) is 49.9 Å². The molecule has 0 amide bonds. The molecule has 0 N–H and O–H groups in total. The molecule has 0 radical (unpaired) electrons. The molecule has 4 aromatic rings. The number of nitrogens with zero attached hydrogens (tertiary/aromatic N) is 8. The third-order valence-electron chi connectivity index (χ3n) is 9.33. The van der Waals surface area contributed by atoms with Crippen molar-refractivity contribution in [2.75, 3.05) is 13.2 Å². The molecule has 7 rings (SSSR count). The van der Waals surface area contributed by atoms with Gasteiger partial charge in [-0.25, -0.2) is 18.7 Å². The van der Waals surface area contributed by atoms with Gasteiger partial charge in [0.15, 0.2) is 28.8 Å². The van der Waals surface area contributed by atoms with Crippen LogP contribution in [0.15, 0.2) is 36.7 Å². The summed E-state index contributed by atoms with van der Waals surface area (Å²) in [5.41, 5.74) is -6.73. The van der Waals surface area contributed by atoms with Crippen LogP contribution in [0, 0.1) is 31.9 Å². The fourth-order valence-electron chi connectivity index (χ4n) is 6.56. The largest absolute Gasteiger partial charge is 0.433 e. The molecule has 3 fully saturated rings. The zero-order valence-electron chi connectivity index (χ0n) is 28.1. The summed E-state index contributed by atoms with van der Waals surface area (Å²) in [4.78, 5) is 38.8. The lowest BCUT2D eigenvalue weighted by atomic mass is 9.90. The summed E-state index contributed by atoms with van der Waals surface area (Å²) in [6.45, 7) is 1.01. The molecule has 2 aliphatic carbocycles. The number of hydrogen-bond donors (Lipinski definition) is 0. The van der Waals surface area contributed by atoms with E-state index in [1.807, 2.05) is 0 Å². The Balaban J connectivity index is 0.000000188. The van der Waals surface area contributed by atoms with Crippen LogP contribution in [0.1, 0.15) is 74.8 Å². The van der Waals surface area contributed by atoms with Crippen molar-refractivity contribution in [3.05, 3.63) is 79.9 Å². The fourth-order valence-corrected chi connectivity index (χ4v) is 6.56. The van der Waals surface area contributed by atoms with Gasteiger partial charge in [0, 0.05) is 25.7 Å². The average Bonchev–Trinajstić information content (AvgIpc) is 3.88. The third kappa shape index (κ3) is 8.45. The lowest BCUT2D eigenvalue weighted by molar-refractivity contribution is -0.384. The van der Waals surface area contributed by atoms with Gasteiger partial charge in [0.2, 0.25) is 0 Å². The number of hydrogen-bond acceptors (Lipinski definition) is 11. The molecule has 1 aliphatic heterocycles. The number of nitro groups is 2. The number of Topliss-reactive ketones (excluding diaryl/α,β-unsaturated/α-hetero) is 1. The molecule has 3 aliphatic rings. The normalized spacial score (nSPS) is 18.0. The first kappa shape index (κ1) is 39.2. The predicted octanol–water partition coefficient (Wildman–Crippen LogP) is 7.56. The number of pyridine rings is 2. The number of ether oxygens (including phenoxy) is 2. The van der Waals surface area contributed by atoms with Gasteiger partial charge >= 0.3 is 23.7 Å². The molecule has 0 bridgehead atoms. The Kier molecular flexibility index (Phi) is 10.7. The highest BCUT2D eigenvalue weighted by Gasteiger charge is 2.42. The lowest BCUT2D eigenvalue weighted by Gasteiger charge is -2.35. The molecule has 294 valence electrons. The van der Waals surface area contributed by atoms with Crippen LogP contribution in [0.3, 0.4) is 0 Å². The molecule has 23 heteroatoms. The van der Waals surface area contributed by atoms with Crippen molar-refractivity contribution in [3.8, 4) is 22.8 Å². The zero-order chi connectivity index (χ0) is 39.9. The number of halogens is 8. The molecule has 0 unspecified atom stereocenters. The molecular weight excluding hydrogens is 760 g/mol. The summed E-state index contributed by atoms with van der Waals surface area (Å²) >= 11 is 0. The molecule has 55 heavy (non-hydrogen) atoms. The quantitative estimate of drug-likeness (QED) is 0.107. The van der Waals surface area contributed by atoms with Crippen LogP contribution in [-0.2, 0) is 26.6 Å². The van der Waals surface area contributed by atoms with Crippen molar-refractivity contribution >= 4 is 17.2 Å². The molecule has 2 saturated carbocycles. The minimum absolute atomic E-state index is 0.0636. The molecular formula is C32H28F8N8O7. The molecule has 4 aromatic heterocycles. The highest BCUT2D eigenvalue weighted by molar-refractivity contribution is 5.79. The van der Waals surface area contributed by atoms with E-state index in [9.17, 15) is 60.1 Å². The van der Waals surface area contributed by atoms with Gasteiger partial charge in [0.05, 0.1) is 35.1 Å². The number of alkyl halides is 6. The lowest BCUT2D eigenvalue weighted by Crippen LogP contribution is -2.35. The van der Waals surface area contributed by atoms with E-state index in [-0.39, 0.29) is 30.7 Å². The average molecular weight is 789 g/mol. The monoisotopic (exact) mass is 788 g/mol. The molecule has 5 heterocycles. The van der Waals surface area contributed by atoms with Crippen molar-refractivity contribution in [2.45, 2.75) is 81.6 Å². The van der Waals surface area contributed by atoms with Crippen molar-refractivity contribution in [2.24, 2.45) is 0 Å². The molecule has 15 nitrogen and oxygen atoms in total. The Hall–Kier alpha value is -5.45. The minimum atomic E-state index is -4.83. The molecule has 1 spiro atoms. The van der Waals surface area contributed by atoms with Crippen LogP contribution in [0.5, 0.6) is 0 Å². The first-order valence-corrected chi connectivity index (χ1v) is 16.6. The van der Waals surface area contributed by atoms with Gasteiger partial charge in [-0.2, -0.15) is 36.5 Å². The van der Waals surface area contributed by atoms with Crippen LogP contribution in [0.25, 0.3) is 22.8 Å². The topological polar surface area (TPSA) is 183 Å². The molecule has 0 atom stereocenters. The maximum atomic E-state index is 14.2. The maximum absolute atomic E-state index is 14.2. The summed E-state index contributed by atoms with van der Waals surface area (Å²) in [7, 11) is 0. The number of ketones is 1. The number of aromatic nitrogens is 6. The first-order valence-electron chi connectivity index (χ1n) is 16.6. The Morgan fingerprint density at radius 1 is 0.673 bits per heavy atom. The Labute approximate surface area is 303 Å². The highest BCUT2D eigenvalue weighted by atomic mass is 19.4. The van der Waals surface area contributed by atoms with E-state index in [1.54, 1.807) is 0 Å². The SMILES string of the molecule is O=C1CCC(n2cc([N+](=O)[O-])c(-c3nc(C(F)(F)F)ccc3F)n2)CC1.O=[N+]([O-])c1cn(C2CCC3(CC2)OCCO3)nc1-c1nc(C(F)(F)F)ccc1F. The number of rotatable bonds is 6. The number of carbonyl (C=O) groups excluding carboxylic acids is 1. The molecule has 0 aromatic carbocycles. The summed E-state index contributed by atoms with van der Waals surface area (Å²) in [5, 5.41) is 30.7. The second kappa shape index (κ2) is 15.0. The first-order chi connectivity index (χ1) is 25.8.